The molecule has 0 atom stereocenters. The van der Waals surface area contributed by atoms with Crippen LogP contribution in [0.5, 0.6) is 0 Å². The maximum absolute atomic E-state index is 11.8. The van der Waals surface area contributed by atoms with E-state index in [2.05, 4.69) is 20.8 Å². The average Bonchev–Trinajstić information content (AvgIpc) is 2.15. The molecular formula is C14H21NO. The Morgan fingerprint density at radius 1 is 1.12 bits per heavy atom. The Morgan fingerprint density at radius 2 is 1.62 bits per heavy atom. The first kappa shape index (κ1) is 12.9. The van der Waals surface area contributed by atoms with Gasteiger partial charge < -0.3 is 4.90 Å². The molecule has 0 aromatic heterocycles. The normalized spacial score (nSPS) is 11.9. The van der Waals surface area contributed by atoms with Crippen LogP contribution in [0.2, 0.25) is 0 Å². The summed E-state index contributed by atoms with van der Waals surface area (Å²) in [6, 6.07) is 7.94. The molecule has 88 valence electrons. The number of rotatable bonds is 3. The van der Waals surface area contributed by atoms with E-state index in [-0.39, 0.29) is 11.2 Å². The van der Waals surface area contributed by atoms with Gasteiger partial charge in [-0.3, -0.25) is 4.79 Å². The van der Waals surface area contributed by atoms with E-state index in [1.54, 1.807) is 0 Å². The molecule has 0 spiro atoms. The molecule has 2 nitrogen and oxygen atoms in total. The van der Waals surface area contributed by atoms with E-state index < -0.39 is 0 Å². The molecule has 0 fully saturated rings. The minimum Gasteiger partial charge on any atom is -0.302 e. The third kappa shape index (κ3) is 3.46. The molecule has 0 amide bonds. The molecule has 0 unspecified atom stereocenters. The van der Waals surface area contributed by atoms with Crippen LogP contribution in [0.25, 0.3) is 0 Å². The first-order chi connectivity index (χ1) is 7.30. The molecule has 1 aromatic carbocycles. The number of likely N-dealkylation sites (N-methyl/N-ethyl adjacent to an activating group) is 1. The fourth-order valence-corrected chi connectivity index (χ4v) is 1.53. The van der Waals surface area contributed by atoms with Crippen LogP contribution < -0.4 is 0 Å². The van der Waals surface area contributed by atoms with Gasteiger partial charge in [-0.25, -0.2) is 0 Å². The molecule has 0 saturated carbocycles. The number of nitrogens with zero attached hydrogens (tertiary/aromatic N) is 1. The predicted molar refractivity (Wildman–Crippen MR) is 68.0 cm³/mol. The Hall–Kier alpha value is -1.15. The highest BCUT2D eigenvalue weighted by Gasteiger charge is 2.14. The van der Waals surface area contributed by atoms with Crippen LogP contribution in [0.4, 0.5) is 0 Å². The van der Waals surface area contributed by atoms with Gasteiger partial charge in [0.05, 0.1) is 6.54 Å². The summed E-state index contributed by atoms with van der Waals surface area (Å²) >= 11 is 0. The molecule has 0 radical (unpaired) electrons. The van der Waals surface area contributed by atoms with Gasteiger partial charge in [0.1, 0.15) is 0 Å². The van der Waals surface area contributed by atoms with Gasteiger partial charge in [0.2, 0.25) is 0 Å². The molecule has 0 bridgehead atoms. The Bertz CT molecular complexity index is 357. The summed E-state index contributed by atoms with van der Waals surface area (Å²) in [5.41, 5.74) is 2.19. The molecule has 16 heavy (non-hydrogen) atoms. The SMILES string of the molecule is CN(C)CC(=O)c1ccc(C(C)(C)C)cc1. The molecule has 0 aliphatic heterocycles. The van der Waals surface area contributed by atoms with E-state index in [1.807, 2.05) is 43.3 Å². The van der Waals surface area contributed by atoms with Crippen molar-refractivity contribution < 1.29 is 4.79 Å². The average molecular weight is 219 g/mol. The molecule has 0 N–H and O–H groups in total. The van der Waals surface area contributed by atoms with Crippen molar-refractivity contribution in [3.8, 4) is 0 Å². The van der Waals surface area contributed by atoms with Crippen LogP contribution in [0, 0.1) is 0 Å². The standard InChI is InChI=1S/C14H21NO/c1-14(2,3)12-8-6-11(7-9-12)13(16)10-15(4)5/h6-9H,10H2,1-5H3. The van der Waals surface area contributed by atoms with Crippen molar-refractivity contribution >= 4 is 5.78 Å². The number of hydrogen-bond acceptors (Lipinski definition) is 2. The number of carbonyl (C=O) groups excluding carboxylic acids is 1. The van der Waals surface area contributed by atoms with Crippen molar-refractivity contribution in [3.05, 3.63) is 35.4 Å². The lowest BCUT2D eigenvalue weighted by Gasteiger charge is -2.19. The number of hydrogen-bond donors (Lipinski definition) is 0. The van der Waals surface area contributed by atoms with Crippen molar-refractivity contribution in [2.45, 2.75) is 26.2 Å². The van der Waals surface area contributed by atoms with Crippen LogP contribution in [0.15, 0.2) is 24.3 Å². The fraction of sp³-hybridized carbons (Fsp3) is 0.500. The minimum absolute atomic E-state index is 0.142. The Kier molecular flexibility index (Phi) is 3.87. The number of Topliss-reactive ketones (excluding diaryl/α,β-unsaturated/α-hetero) is 1. The lowest BCUT2D eigenvalue weighted by atomic mass is 9.86. The van der Waals surface area contributed by atoms with Gasteiger partial charge in [-0.15, -0.1) is 0 Å². The summed E-state index contributed by atoms with van der Waals surface area (Å²) in [7, 11) is 3.81. The zero-order chi connectivity index (χ0) is 12.3. The summed E-state index contributed by atoms with van der Waals surface area (Å²) in [5.74, 6) is 0.172. The van der Waals surface area contributed by atoms with E-state index in [9.17, 15) is 4.79 Å². The topological polar surface area (TPSA) is 20.3 Å². The first-order valence-corrected chi connectivity index (χ1v) is 5.59. The maximum atomic E-state index is 11.8. The smallest absolute Gasteiger partial charge is 0.176 e. The van der Waals surface area contributed by atoms with Crippen molar-refractivity contribution in [2.24, 2.45) is 0 Å². The lowest BCUT2D eigenvalue weighted by Crippen LogP contribution is -2.21. The highest BCUT2D eigenvalue weighted by atomic mass is 16.1. The second-order valence-electron chi connectivity index (χ2n) is 5.49. The number of ketones is 1. The monoisotopic (exact) mass is 219 g/mol. The minimum atomic E-state index is 0.142. The summed E-state index contributed by atoms with van der Waals surface area (Å²) in [4.78, 5) is 13.7. The lowest BCUT2D eigenvalue weighted by molar-refractivity contribution is 0.0958. The maximum Gasteiger partial charge on any atom is 0.176 e. The van der Waals surface area contributed by atoms with E-state index in [1.165, 1.54) is 5.56 Å². The Labute approximate surface area is 98.3 Å². The zero-order valence-electron chi connectivity index (χ0n) is 10.9. The Balaban J connectivity index is 2.83. The van der Waals surface area contributed by atoms with E-state index in [0.717, 1.165) is 5.56 Å². The van der Waals surface area contributed by atoms with Crippen molar-refractivity contribution in [1.29, 1.82) is 0 Å². The van der Waals surface area contributed by atoms with E-state index >= 15 is 0 Å². The van der Waals surface area contributed by atoms with E-state index in [0.29, 0.717) is 6.54 Å². The third-order valence-electron chi connectivity index (χ3n) is 2.53. The molecule has 0 heterocycles. The molecule has 1 rings (SSSR count). The molecule has 0 aliphatic carbocycles. The summed E-state index contributed by atoms with van der Waals surface area (Å²) in [5, 5.41) is 0. The summed E-state index contributed by atoms with van der Waals surface area (Å²) in [6.45, 7) is 6.98. The van der Waals surface area contributed by atoms with Crippen LogP contribution in [-0.2, 0) is 5.41 Å². The van der Waals surface area contributed by atoms with Crippen molar-refractivity contribution in [1.82, 2.24) is 4.90 Å². The van der Waals surface area contributed by atoms with Crippen LogP contribution in [-0.4, -0.2) is 31.3 Å². The fourth-order valence-electron chi connectivity index (χ4n) is 1.53. The van der Waals surface area contributed by atoms with Crippen LogP contribution in [0.1, 0.15) is 36.7 Å². The van der Waals surface area contributed by atoms with Gasteiger partial charge in [-0.1, -0.05) is 45.0 Å². The summed E-state index contributed by atoms with van der Waals surface area (Å²) < 4.78 is 0. The number of benzene rings is 1. The van der Waals surface area contributed by atoms with Crippen molar-refractivity contribution in [2.75, 3.05) is 20.6 Å². The quantitative estimate of drug-likeness (QED) is 0.729. The molecular weight excluding hydrogens is 198 g/mol. The Morgan fingerprint density at radius 3 is 2.00 bits per heavy atom. The molecule has 1 aromatic rings. The van der Waals surface area contributed by atoms with Crippen molar-refractivity contribution in [3.63, 3.8) is 0 Å². The molecule has 0 saturated heterocycles. The van der Waals surface area contributed by atoms with Gasteiger partial charge in [0.25, 0.3) is 0 Å². The highest BCUT2D eigenvalue weighted by Crippen LogP contribution is 2.22. The third-order valence-corrected chi connectivity index (χ3v) is 2.53. The van der Waals surface area contributed by atoms with Crippen LogP contribution >= 0.6 is 0 Å². The second kappa shape index (κ2) is 4.79. The molecule has 2 heteroatoms. The highest BCUT2D eigenvalue weighted by molar-refractivity contribution is 5.97. The van der Waals surface area contributed by atoms with Gasteiger partial charge in [0.15, 0.2) is 5.78 Å². The van der Waals surface area contributed by atoms with Gasteiger partial charge in [0, 0.05) is 5.56 Å². The van der Waals surface area contributed by atoms with Gasteiger partial charge in [-0.2, -0.15) is 0 Å². The van der Waals surface area contributed by atoms with E-state index in [4.69, 9.17) is 0 Å². The number of carbonyl (C=O) groups is 1. The predicted octanol–water partition coefficient (Wildman–Crippen LogP) is 2.73. The summed E-state index contributed by atoms with van der Waals surface area (Å²) in [6.07, 6.45) is 0. The van der Waals surface area contributed by atoms with Gasteiger partial charge in [-0.05, 0) is 25.1 Å². The van der Waals surface area contributed by atoms with Crippen LogP contribution in [0.3, 0.4) is 0 Å². The largest absolute Gasteiger partial charge is 0.302 e. The zero-order valence-corrected chi connectivity index (χ0v) is 10.9. The first-order valence-electron chi connectivity index (χ1n) is 5.59. The van der Waals surface area contributed by atoms with Gasteiger partial charge >= 0.3 is 0 Å². The second-order valence-corrected chi connectivity index (χ2v) is 5.49. The molecule has 0 aliphatic rings.